The lowest BCUT2D eigenvalue weighted by molar-refractivity contribution is 0.626. The molecule has 0 unspecified atom stereocenters. The first-order valence-electron chi connectivity index (χ1n) is 19.5. The molecule has 0 N–H and O–H groups in total. The van der Waals surface area contributed by atoms with Crippen LogP contribution in [0.15, 0.2) is 152 Å². The van der Waals surface area contributed by atoms with Crippen LogP contribution in [-0.4, -0.2) is 15.0 Å². The summed E-state index contributed by atoms with van der Waals surface area (Å²) in [5.41, 5.74) is 12.6. The van der Waals surface area contributed by atoms with Crippen molar-refractivity contribution in [2.75, 3.05) is 4.90 Å². The van der Waals surface area contributed by atoms with Crippen LogP contribution in [0.1, 0.15) is 55.5 Å². The highest BCUT2D eigenvalue weighted by molar-refractivity contribution is 6.26. The van der Waals surface area contributed by atoms with E-state index in [9.17, 15) is 0 Å². The van der Waals surface area contributed by atoms with Gasteiger partial charge in [0.1, 0.15) is 0 Å². The molecule has 268 valence electrons. The van der Waals surface area contributed by atoms with Crippen LogP contribution in [0.3, 0.4) is 0 Å². The van der Waals surface area contributed by atoms with Gasteiger partial charge in [0, 0.05) is 22.0 Å². The van der Waals surface area contributed by atoms with E-state index in [4.69, 9.17) is 15.0 Å². The van der Waals surface area contributed by atoms with Crippen molar-refractivity contribution in [1.29, 1.82) is 0 Å². The minimum absolute atomic E-state index is 0.257. The summed E-state index contributed by atoms with van der Waals surface area (Å²) in [5, 5.41) is 7.83. The van der Waals surface area contributed by atoms with E-state index in [0.29, 0.717) is 17.6 Å². The van der Waals surface area contributed by atoms with Gasteiger partial charge in [0.15, 0.2) is 11.6 Å². The zero-order chi connectivity index (χ0) is 37.9. The third-order valence-corrected chi connectivity index (χ3v) is 12.5. The first-order chi connectivity index (χ1) is 27.2. The quantitative estimate of drug-likeness (QED) is 0.170. The summed E-state index contributed by atoms with van der Waals surface area (Å²) in [6, 6.07) is 55.0. The highest BCUT2D eigenvalue weighted by Gasteiger charge is 2.43. The van der Waals surface area contributed by atoms with Gasteiger partial charge in [-0.15, -0.1) is 0 Å². The molecule has 9 aromatic rings. The van der Waals surface area contributed by atoms with Crippen molar-refractivity contribution in [3.8, 4) is 33.9 Å². The minimum atomic E-state index is -0.292. The molecule has 0 saturated carbocycles. The summed E-state index contributed by atoms with van der Waals surface area (Å²) in [6.45, 7) is 11.7. The molecule has 4 heteroatoms. The van der Waals surface area contributed by atoms with E-state index in [-0.39, 0.29) is 10.8 Å². The third kappa shape index (κ3) is 4.62. The second-order valence-electron chi connectivity index (χ2n) is 16.6. The number of fused-ring (bicyclic) bond motifs is 11. The van der Waals surface area contributed by atoms with Crippen LogP contribution in [0.4, 0.5) is 17.3 Å². The van der Waals surface area contributed by atoms with Gasteiger partial charge in [-0.2, -0.15) is 9.97 Å². The number of benzene rings is 8. The van der Waals surface area contributed by atoms with E-state index in [1.807, 2.05) is 36.4 Å². The highest BCUT2D eigenvalue weighted by Crippen LogP contribution is 2.58. The monoisotopic (exact) mass is 720 g/mol. The maximum Gasteiger partial charge on any atom is 0.238 e. The van der Waals surface area contributed by atoms with Gasteiger partial charge in [0.25, 0.3) is 0 Å². The van der Waals surface area contributed by atoms with Gasteiger partial charge >= 0.3 is 0 Å². The summed E-state index contributed by atoms with van der Waals surface area (Å²) in [7, 11) is 0. The number of rotatable bonds is 3. The molecule has 0 bridgehead atoms. The van der Waals surface area contributed by atoms with E-state index in [1.165, 1.54) is 71.3 Å². The molecule has 8 aromatic carbocycles. The van der Waals surface area contributed by atoms with Crippen molar-refractivity contribution >= 4 is 49.6 Å². The predicted molar refractivity (Wildman–Crippen MR) is 232 cm³/mol. The Kier molecular flexibility index (Phi) is 6.83. The number of aromatic nitrogens is 3. The average molecular weight is 721 g/mol. The molecule has 2 heterocycles. The molecule has 4 nitrogen and oxygen atoms in total. The molecule has 0 spiro atoms. The number of nitrogens with zero attached hydrogens (tertiary/aromatic N) is 4. The Morgan fingerprint density at radius 2 is 0.911 bits per heavy atom. The normalized spacial score (nSPS) is 14.8. The van der Waals surface area contributed by atoms with Crippen LogP contribution >= 0.6 is 0 Å². The van der Waals surface area contributed by atoms with Crippen LogP contribution < -0.4 is 4.90 Å². The van der Waals surface area contributed by atoms with Crippen molar-refractivity contribution in [2.45, 2.75) is 45.4 Å². The fourth-order valence-electron chi connectivity index (χ4n) is 9.60. The van der Waals surface area contributed by atoms with E-state index >= 15 is 0 Å². The Morgan fingerprint density at radius 1 is 0.393 bits per heavy atom. The molecule has 0 radical (unpaired) electrons. The van der Waals surface area contributed by atoms with Crippen LogP contribution in [0.5, 0.6) is 0 Å². The Morgan fingerprint density at radius 3 is 1.59 bits per heavy atom. The molecular weight excluding hydrogens is 681 g/mol. The molecule has 1 aromatic heterocycles. The minimum Gasteiger partial charge on any atom is -0.278 e. The van der Waals surface area contributed by atoms with Gasteiger partial charge in [-0.25, -0.2) is 4.98 Å². The molecule has 56 heavy (non-hydrogen) atoms. The smallest absolute Gasteiger partial charge is 0.238 e. The molecular formula is C52H40N4. The number of hydrogen-bond donors (Lipinski definition) is 0. The molecule has 0 atom stereocenters. The fraction of sp³-hybridized carbons (Fsp3) is 0.135. The van der Waals surface area contributed by atoms with Gasteiger partial charge in [-0.05, 0) is 103 Å². The fourth-order valence-corrected chi connectivity index (χ4v) is 9.60. The molecule has 2 aliphatic rings. The highest BCUT2D eigenvalue weighted by atomic mass is 15.3. The van der Waals surface area contributed by atoms with Crippen LogP contribution in [0.25, 0.3) is 66.2 Å². The SMILES string of the molecule is Cc1ccc2c(c1)c1ccccc1c1cc3c(cc21)C(C)(C)c1cc2c(cc1-3)C(C)(C)c1ccccc1N2c1nc(-c2ccccc2)nc(-c2ccccc2)n1. The molecule has 0 amide bonds. The lowest BCUT2D eigenvalue weighted by Crippen LogP contribution is -2.32. The van der Waals surface area contributed by atoms with Crippen molar-refractivity contribution in [1.82, 2.24) is 15.0 Å². The Balaban J connectivity index is 1.19. The number of hydrogen-bond acceptors (Lipinski definition) is 4. The number of para-hydroxylation sites is 1. The maximum absolute atomic E-state index is 5.27. The molecule has 1 aliphatic heterocycles. The lowest BCUT2D eigenvalue weighted by atomic mass is 9.72. The van der Waals surface area contributed by atoms with Gasteiger partial charge in [0.05, 0.1) is 11.4 Å². The molecule has 0 saturated heterocycles. The largest absolute Gasteiger partial charge is 0.278 e. The standard InChI is InChI=1S/C52H40N4/c1-31-24-25-36-37(26-31)34-20-12-13-21-35(34)38-27-40-41-29-45-47(30-44(41)52(4,5)43(40)28-39(36)38)56(46-23-15-14-22-42(46)51(45,2)3)50-54-48(32-16-8-6-9-17-32)53-49(55-50)33-18-10-7-11-19-33/h6-30H,1-5H3. The number of aryl methyl sites for hydroxylation is 1. The van der Waals surface area contributed by atoms with Gasteiger partial charge in [0.2, 0.25) is 5.95 Å². The first kappa shape index (κ1) is 32.8. The van der Waals surface area contributed by atoms with Crippen molar-refractivity contribution in [2.24, 2.45) is 0 Å². The van der Waals surface area contributed by atoms with E-state index < -0.39 is 0 Å². The van der Waals surface area contributed by atoms with Crippen LogP contribution in [-0.2, 0) is 10.8 Å². The van der Waals surface area contributed by atoms with E-state index in [1.54, 1.807) is 0 Å². The second-order valence-corrected chi connectivity index (χ2v) is 16.6. The predicted octanol–water partition coefficient (Wildman–Crippen LogP) is 13.4. The Labute approximate surface area is 327 Å². The Hall–Kier alpha value is -6.65. The summed E-state index contributed by atoms with van der Waals surface area (Å²) in [4.78, 5) is 17.9. The average Bonchev–Trinajstić information content (AvgIpc) is 3.44. The van der Waals surface area contributed by atoms with Gasteiger partial charge < -0.3 is 0 Å². The number of anilines is 3. The molecule has 11 rings (SSSR count). The Bertz CT molecular complexity index is 3030. The van der Waals surface area contributed by atoms with E-state index in [2.05, 4.69) is 155 Å². The zero-order valence-corrected chi connectivity index (χ0v) is 32.2. The summed E-state index contributed by atoms with van der Waals surface area (Å²) in [5.74, 6) is 1.90. The maximum atomic E-state index is 5.27. The lowest BCUT2D eigenvalue weighted by Gasteiger charge is -2.41. The van der Waals surface area contributed by atoms with Crippen LogP contribution in [0.2, 0.25) is 0 Å². The summed E-state index contributed by atoms with van der Waals surface area (Å²) in [6.07, 6.45) is 0. The summed E-state index contributed by atoms with van der Waals surface area (Å²) < 4.78 is 0. The van der Waals surface area contributed by atoms with Gasteiger partial charge in [-0.3, -0.25) is 4.90 Å². The van der Waals surface area contributed by atoms with E-state index in [0.717, 1.165) is 22.5 Å². The van der Waals surface area contributed by atoms with Crippen molar-refractivity contribution in [3.05, 3.63) is 179 Å². The molecule has 0 fully saturated rings. The van der Waals surface area contributed by atoms with Crippen LogP contribution in [0, 0.1) is 6.92 Å². The van der Waals surface area contributed by atoms with Gasteiger partial charge in [-0.1, -0.05) is 155 Å². The first-order valence-corrected chi connectivity index (χ1v) is 19.5. The van der Waals surface area contributed by atoms with Crippen molar-refractivity contribution in [3.63, 3.8) is 0 Å². The third-order valence-electron chi connectivity index (χ3n) is 12.5. The molecule has 1 aliphatic carbocycles. The summed E-state index contributed by atoms with van der Waals surface area (Å²) >= 11 is 0. The van der Waals surface area contributed by atoms with Crippen molar-refractivity contribution < 1.29 is 0 Å². The topological polar surface area (TPSA) is 41.9 Å². The zero-order valence-electron chi connectivity index (χ0n) is 32.2. The second kappa shape index (κ2) is 11.7.